The van der Waals surface area contributed by atoms with Gasteiger partial charge in [0.25, 0.3) is 5.91 Å². The second-order valence-corrected chi connectivity index (χ2v) is 8.09. The van der Waals surface area contributed by atoms with Gasteiger partial charge < -0.3 is 16.0 Å². The van der Waals surface area contributed by atoms with Crippen LogP contribution in [0.15, 0.2) is 58.0 Å². The minimum absolute atomic E-state index is 0.0606. The first kappa shape index (κ1) is 20.4. The molecule has 2 aromatic rings. The third-order valence-electron chi connectivity index (χ3n) is 5.23. The summed E-state index contributed by atoms with van der Waals surface area (Å²) in [6.07, 6.45) is 3.21. The van der Waals surface area contributed by atoms with Crippen LogP contribution in [-0.4, -0.2) is 39.1 Å². The largest absolute Gasteiger partial charge is 0.356 e. The van der Waals surface area contributed by atoms with Crippen LogP contribution in [0.3, 0.4) is 0 Å². The highest BCUT2D eigenvalue weighted by molar-refractivity contribution is 9.10. The molecule has 3 N–H and O–H groups in total. The summed E-state index contributed by atoms with van der Waals surface area (Å²) in [6, 6.07) is 16.3. The first-order valence-electron chi connectivity index (χ1n) is 9.58. The average Bonchev–Trinajstić information content (AvgIpc) is 3.51. The molecular formula is C22H27BrN4O. The van der Waals surface area contributed by atoms with E-state index in [1.807, 2.05) is 24.3 Å². The molecule has 5 nitrogen and oxygen atoms in total. The van der Waals surface area contributed by atoms with E-state index in [1.54, 1.807) is 14.1 Å². The molecule has 1 amide bonds. The minimum Gasteiger partial charge on any atom is -0.356 e. The fourth-order valence-corrected chi connectivity index (χ4v) is 3.75. The summed E-state index contributed by atoms with van der Waals surface area (Å²) in [5, 5.41) is 9.51. The molecule has 3 rings (SSSR count). The molecule has 0 unspecified atom stereocenters. The lowest BCUT2D eigenvalue weighted by molar-refractivity contribution is 0.0963. The predicted molar refractivity (Wildman–Crippen MR) is 118 cm³/mol. The van der Waals surface area contributed by atoms with Gasteiger partial charge in [-0.15, -0.1) is 0 Å². The number of benzene rings is 2. The molecule has 2 aromatic carbocycles. The number of hydrogen-bond donors (Lipinski definition) is 3. The highest BCUT2D eigenvalue weighted by atomic mass is 79.9. The van der Waals surface area contributed by atoms with Gasteiger partial charge in [-0.05, 0) is 54.7 Å². The Balaban J connectivity index is 1.50. The van der Waals surface area contributed by atoms with Gasteiger partial charge in [-0.1, -0.05) is 40.2 Å². The van der Waals surface area contributed by atoms with E-state index in [4.69, 9.17) is 0 Å². The van der Waals surface area contributed by atoms with E-state index in [-0.39, 0.29) is 11.3 Å². The Morgan fingerprint density at radius 1 is 1.14 bits per heavy atom. The first-order valence-corrected chi connectivity index (χ1v) is 10.4. The number of guanidine groups is 1. The van der Waals surface area contributed by atoms with Gasteiger partial charge in [0.05, 0.1) is 0 Å². The van der Waals surface area contributed by atoms with Crippen molar-refractivity contribution in [2.24, 2.45) is 4.99 Å². The molecule has 0 spiro atoms. The monoisotopic (exact) mass is 442 g/mol. The first-order chi connectivity index (χ1) is 13.6. The smallest absolute Gasteiger partial charge is 0.251 e. The lowest BCUT2D eigenvalue weighted by Gasteiger charge is -2.19. The SMILES string of the molecule is CN=C(NCCc1cccc(C(=O)NC)c1)NCC1(c2cccc(Br)c2)CC1. The molecule has 0 heterocycles. The van der Waals surface area contributed by atoms with Crippen molar-refractivity contribution in [1.29, 1.82) is 0 Å². The van der Waals surface area contributed by atoms with Gasteiger partial charge in [0.1, 0.15) is 0 Å². The summed E-state index contributed by atoms with van der Waals surface area (Å²) < 4.78 is 1.12. The molecule has 1 saturated carbocycles. The van der Waals surface area contributed by atoms with Gasteiger partial charge in [-0.2, -0.15) is 0 Å². The summed E-state index contributed by atoms with van der Waals surface area (Å²) >= 11 is 3.57. The van der Waals surface area contributed by atoms with Gasteiger partial charge in [0.2, 0.25) is 0 Å². The third-order valence-corrected chi connectivity index (χ3v) is 5.72. The molecule has 0 radical (unpaired) electrons. The Kier molecular flexibility index (Phi) is 6.73. The van der Waals surface area contributed by atoms with Crippen LogP contribution >= 0.6 is 15.9 Å². The van der Waals surface area contributed by atoms with Crippen LogP contribution in [0.2, 0.25) is 0 Å². The van der Waals surface area contributed by atoms with Gasteiger partial charge in [0.15, 0.2) is 5.96 Å². The number of nitrogens with one attached hydrogen (secondary N) is 3. The van der Waals surface area contributed by atoms with Crippen molar-refractivity contribution < 1.29 is 4.79 Å². The number of aliphatic imine (C=N–C) groups is 1. The van der Waals surface area contributed by atoms with E-state index in [1.165, 1.54) is 18.4 Å². The Morgan fingerprint density at radius 3 is 2.61 bits per heavy atom. The Morgan fingerprint density at radius 2 is 1.93 bits per heavy atom. The lowest BCUT2D eigenvalue weighted by Crippen LogP contribution is -2.42. The van der Waals surface area contributed by atoms with Gasteiger partial charge >= 0.3 is 0 Å². The van der Waals surface area contributed by atoms with Crippen LogP contribution in [0.25, 0.3) is 0 Å². The van der Waals surface area contributed by atoms with Crippen LogP contribution in [-0.2, 0) is 11.8 Å². The van der Waals surface area contributed by atoms with Crippen molar-refractivity contribution in [3.05, 3.63) is 69.7 Å². The number of nitrogens with zero attached hydrogens (tertiary/aromatic N) is 1. The maximum Gasteiger partial charge on any atom is 0.251 e. The fourth-order valence-electron chi connectivity index (χ4n) is 3.35. The van der Waals surface area contributed by atoms with Crippen molar-refractivity contribution in [2.75, 3.05) is 27.2 Å². The summed E-state index contributed by atoms with van der Waals surface area (Å²) in [4.78, 5) is 16.1. The van der Waals surface area contributed by atoms with E-state index in [2.05, 4.69) is 61.1 Å². The molecule has 28 heavy (non-hydrogen) atoms. The second kappa shape index (κ2) is 9.24. The third kappa shape index (κ3) is 5.13. The summed E-state index contributed by atoms with van der Waals surface area (Å²) in [6.45, 7) is 1.62. The van der Waals surface area contributed by atoms with Crippen LogP contribution in [0.1, 0.15) is 34.3 Å². The van der Waals surface area contributed by atoms with Crippen molar-refractivity contribution in [2.45, 2.75) is 24.7 Å². The molecule has 0 aromatic heterocycles. The Labute approximate surface area is 175 Å². The minimum atomic E-state index is -0.0606. The number of halogens is 1. The molecule has 1 fully saturated rings. The van der Waals surface area contributed by atoms with Crippen molar-refractivity contribution in [1.82, 2.24) is 16.0 Å². The molecule has 0 saturated heterocycles. The van der Waals surface area contributed by atoms with E-state index in [0.717, 1.165) is 35.5 Å². The molecular weight excluding hydrogens is 416 g/mol. The maximum absolute atomic E-state index is 11.8. The quantitative estimate of drug-likeness (QED) is 0.455. The summed E-state index contributed by atoms with van der Waals surface area (Å²) in [5.74, 6) is 0.748. The van der Waals surface area contributed by atoms with Crippen LogP contribution < -0.4 is 16.0 Å². The molecule has 148 valence electrons. The Hall–Kier alpha value is -2.34. The van der Waals surface area contributed by atoms with E-state index in [0.29, 0.717) is 5.56 Å². The number of hydrogen-bond acceptors (Lipinski definition) is 2. The molecule has 6 heteroatoms. The van der Waals surface area contributed by atoms with Crippen molar-refractivity contribution in [3.63, 3.8) is 0 Å². The van der Waals surface area contributed by atoms with E-state index < -0.39 is 0 Å². The zero-order valence-corrected chi connectivity index (χ0v) is 18.0. The van der Waals surface area contributed by atoms with Gasteiger partial charge in [-0.3, -0.25) is 9.79 Å². The number of carbonyl (C=O) groups is 1. The zero-order valence-electron chi connectivity index (χ0n) is 16.4. The molecule has 1 aliphatic rings. The molecule has 0 atom stereocenters. The van der Waals surface area contributed by atoms with Crippen LogP contribution in [0.5, 0.6) is 0 Å². The summed E-state index contributed by atoms with van der Waals surface area (Å²) in [5.41, 5.74) is 3.39. The lowest BCUT2D eigenvalue weighted by atomic mass is 9.96. The van der Waals surface area contributed by atoms with Gasteiger partial charge in [-0.25, -0.2) is 0 Å². The zero-order chi connectivity index (χ0) is 20.0. The van der Waals surface area contributed by atoms with Crippen LogP contribution in [0.4, 0.5) is 0 Å². The standard InChI is InChI=1S/C22H27BrN4O/c1-24-20(28)17-6-3-5-16(13-17)9-12-26-21(25-2)27-15-22(10-11-22)18-7-4-8-19(23)14-18/h3-8,13-14H,9-12,15H2,1-2H3,(H,24,28)(H2,25,26,27). The summed E-state index contributed by atoms with van der Waals surface area (Å²) in [7, 11) is 3.44. The number of amides is 1. The Bertz CT molecular complexity index is 861. The highest BCUT2D eigenvalue weighted by Crippen LogP contribution is 2.48. The highest BCUT2D eigenvalue weighted by Gasteiger charge is 2.44. The number of carbonyl (C=O) groups excluding carboxylic acids is 1. The molecule has 0 aliphatic heterocycles. The van der Waals surface area contributed by atoms with Crippen molar-refractivity contribution >= 4 is 27.8 Å². The van der Waals surface area contributed by atoms with Crippen molar-refractivity contribution in [3.8, 4) is 0 Å². The van der Waals surface area contributed by atoms with E-state index >= 15 is 0 Å². The number of rotatable bonds is 7. The van der Waals surface area contributed by atoms with Crippen LogP contribution in [0, 0.1) is 0 Å². The normalized spacial score (nSPS) is 15.0. The fraction of sp³-hybridized carbons (Fsp3) is 0.364. The predicted octanol–water partition coefficient (Wildman–Crippen LogP) is 3.25. The molecule has 0 bridgehead atoms. The van der Waals surface area contributed by atoms with E-state index in [9.17, 15) is 4.79 Å². The average molecular weight is 443 g/mol. The second-order valence-electron chi connectivity index (χ2n) is 7.17. The maximum atomic E-state index is 11.8. The topological polar surface area (TPSA) is 65.5 Å². The van der Waals surface area contributed by atoms with Gasteiger partial charge in [0, 0.05) is 42.6 Å². The molecule has 1 aliphatic carbocycles.